The highest BCUT2D eigenvalue weighted by molar-refractivity contribution is 5.79. The van der Waals surface area contributed by atoms with E-state index < -0.39 is 0 Å². The second-order valence-electron chi connectivity index (χ2n) is 4.05. The zero-order valence-electron chi connectivity index (χ0n) is 10.2. The molecule has 0 aliphatic carbocycles. The van der Waals surface area contributed by atoms with E-state index in [0.29, 0.717) is 12.6 Å². The van der Waals surface area contributed by atoms with Gasteiger partial charge in [0.05, 0.1) is 12.4 Å². The molecule has 0 saturated heterocycles. The number of aliphatic hydroxyl groups is 1. The third-order valence-electron chi connectivity index (χ3n) is 2.89. The first-order valence-corrected chi connectivity index (χ1v) is 5.75. The van der Waals surface area contributed by atoms with Crippen LogP contribution < -0.4 is 5.73 Å². The number of rotatable bonds is 8. The third kappa shape index (κ3) is 5.14. The predicted octanol–water partition coefficient (Wildman–Crippen LogP) is 1.04. The largest absolute Gasteiger partial charge is 0.395 e. The Morgan fingerprint density at radius 1 is 1.40 bits per heavy atom. The number of nitrogens with zero attached hydrogens (tertiary/aromatic N) is 1. The molecule has 1 unspecified atom stereocenters. The van der Waals surface area contributed by atoms with Gasteiger partial charge in [-0.1, -0.05) is 20.8 Å². The van der Waals surface area contributed by atoms with Gasteiger partial charge in [-0.3, -0.25) is 10.3 Å². The van der Waals surface area contributed by atoms with Gasteiger partial charge in [0.15, 0.2) is 0 Å². The highest BCUT2D eigenvalue weighted by atomic mass is 16.3. The van der Waals surface area contributed by atoms with Gasteiger partial charge in [0.2, 0.25) is 0 Å². The van der Waals surface area contributed by atoms with Crippen molar-refractivity contribution < 1.29 is 5.11 Å². The summed E-state index contributed by atoms with van der Waals surface area (Å²) in [7, 11) is 0. The zero-order valence-corrected chi connectivity index (χ0v) is 10.2. The summed E-state index contributed by atoms with van der Waals surface area (Å²) in [5.74, 6) is 0.293. The maximum Gasteiger partial charge on any atom is 0.0947 e. The van der Waals surface area contributed by atoms with Crippen LogP contribution in [0.25, 0.3) is 0 Å². The Bertz CT molecular complexity index is 181. The third-order valence-corrected chi connectivity index (χ3v) is 2.89. The number of amidine groups is 1. The van der Waals surface area contributed by atoms with Crippen LogP contribution >= 0.6 is 0 Å². The molecule has 0 aliphatic heterocycles. The lowest BCUT2D eigenvalue weighted by atomic mass is 10.1. The number of nitrogens with one attached hydrogen (secondary N) is 1. The lowest BCUT2D eigenvalue weighted by Gasteiger charge is -2.31. The molecule has 90 valence electrons. The molecule has 0 rings (SSSR count). The minimum atomic E-state index is 0.0668. The molecular formula is C11H25N3O. The highest BCUT2D eigenvalue weighted by Gasteiger charge is 2.18. The van der Waals surface area contributed by atoms with Crippen LogP contribution in [0.4, 0.5) is 0 Å². The predicted molar refractivity (Wildman–Crippen MR) is 64.1 cm³/mol. The van der Waals surface area contributed by atoms with Gasteiger partial charge in [-0.15, -0.1) is 0 Å². The zero-order chi connectivity index (χ0) is 11.8. The molecule has 0 aromatic carbocycles. The summed E-state index contributed by atoms with van der Waals surface area (Å²) in [6.45, 7) is 7.86. The molecule has 0 aliphatic rings. The Morgan fingerprint density at radius 2 is 1.93 bits per heavy atom. The fourth-order valence-corrected chi connectivity index (χ4v) is 1.81. The summed E-state index contributed by atoms with van der Waals surface area (Å²) >= 11 is 0. The smallest absolute Gasteiger partial charge is 0.0947 e. The molecule has 4 heteroatoms. The van der Waals surface area contributed by atoms with Crippen LogP contribution in [0, 0.1) is 11.3 Å². The first kappa shape index (κ1) is 14.4. The molecule has 0 aromatic rings. The minimum Gasteiger partial charge on any atom is -0.395 e. The average molecular weight is 215 g/mol. The topological polar surface area (TPSA) is 73.3 Å². The maximum absolute atomic E-state index is 9.00. The monoisotopic (exact) mass is 215 g/mol. The van der Waals surface area contributed by atoms with E-state index in [-0.39, 0.29) is 18.4 Å². The van der Waals surface area contributed by atoms with Crippen molar-refractivity contribution >= 4 is 5.84 Å². The highest BCUT2D eigenvalue weighted by Crippen LogP contribution is 2.10. The molecular weight excluding hydrogens is 190 g/mol. The van der Waals surface area contributed by atoms with Crippen molar-refractivity contribution in [2.75, 3.05) is 19.7 Å². The van der Waals surface area contributed by atoms with Crippen LogP contribution in [0.2, 0.25) is 0 Å². The summed E-state index contributed by atoms with van der Waals surface area (Å²) in [6.07, 6.45) is 2.14. The van der Waals surface area contributed by atoms with Crippen molar-refractivity contribution in [3.63, 3.8) is 0 Å². The molecule has 4 nitrogen and oxygen atoms in total. The Balaban J connectivity index is 4.30. The summed E-state index contributed by atoms with van der Waals surface area (Å²) in [6, 6.07) is 0.485. The molecule has 0 spiro atoms. The van der Waals surface area contributed by atoms with E-state index in [0.717, 1.165) is 19.4 Å². The molecule has 0 fully saturated rings. The van der Waals surface area contributed by atoms with Crippen LogP contribution in [0.15, 0.2) is 0 Å². The van der Waals surface area contributed by atoms with Crippen LogP contribution in [0.5, 0.6) is 0 Å². The molecule has 4 N–H and O–H groups in total. The number of aliphatic hydroxyl groups excluding tert-OH is 1. The van der Waals surface area contributed by atoms with Crippen LogP contribution in [-0.4, -0.2) is 41.6 Å². The molecule has 0 amide bonds. The molecule has 0 bridgehead atoms. The van der Waals surface area contributed by atoms with E-state index in [1.54, 1.807) is 0 Å². The number of hydrogen-bond acceptors (Lipinski definition) is 3. The van der Waals surface area contributed by atoms with Crippen molar-refractivity contribution in [1.29, 1.82) is 5.41 Å². The Labute approximate surface area is 93.0 Å². The van der Waals surface area contributed by atoms with E-state index in [4.69, 9.17) is 16.2 Å². The molecule has 0 aromatic heterocycles. The SMILES string of the molecule is CCC(CC)N(CCO)CC(C)C(=N)N. The van der Waals surface area contributed by atoms with Gasteiger partial charge in [0.1, 0.15) is 0 Å². The summed E-state index contributed by atoms with van der Waals surface area (Å²) in [5.41, 5.74) is 5.46. The lowest BCUT2D eigenvalue weighted by Crippen LogP contribution is -2.42. The number of hydrogen-bond donors (Lipinski definition) is 3. The van der Waals surface area contributed by atoms with E-state index in [2.05, 4.69) is 18.7 Å². The Morgan fingerprint density at radius 3 is 2.27 bits per heavy atom. The van der Waals surface area contributed by atoms with Crippen LogP contribution in [0.3, 0.4) is 0 Å². The molecule has 0 heterocycles. The first-order valence-electron chi connectivity index (χ1n) is 5.75. The Hall–Kier alpha value is -0.610. The normalized spacial score (nSPS) is 13.5. The summed E-state index contributed by atoms with van der Waals surface area (Å²) in [5, 5.41) is 16.4. The quantitative estimate of drug-likeness (QED) is 0.418. The lowest BCUT2D eigenvalue weighted by molar-refractivity contribution is 0.136. The first-order chi connectivity index (χ1) is 7.06. The molecule has 0 saturated carbocycles. The average Bonchev–Trinajstić information content (AvgIpc) is 2.19. The van der Waals surface area contributed by atoms with E-state index >= 15 is 0 Å². The van der Waals surface area contributed by atoms with Gasteiger partial charge in [0.25, 0.3) is 0 Å². The summed E-state index contributed by atoms with van der Waals surface area (Å²) < 4.78 is 0. The van der Waals surface area contributed by atoms with E-state index in [9.17, 15) is 0 Å². The molecule has 1 atom stereocenters. The van der Waals surface area contributed by atoms with Crippen LogP contribution in [0.1, 0.15) is 33.6 Å². The molecule has 15 heavy (non-hydrogen) atoms. The minimum absolute atomic E-state index is 0.0668. The van der Waals surface area contributed by atoms with Crippen molar-refractivity contribution in [2.24, 2.45) is 11.7 Å². The maximum atomic E-state index is 9.00. The van der Waals surface area contributed by atoms with Crippen molar-refractivity contribution in [1.82, 2.24) is 4.90 Å². The second-order valence-corrected chi connectivity index (χ2v) is 4.05. The summed E-state index contributed by atoms with van der Waals surface area (Å²) in [4.78, 5) is 2.23. The van der Waals surface area contributed by atoms with Crippen molar-refractivity contribution in [3.05, 3.63) is 0 Å². The van der Waals surface area contributed by atoms with Gasteiger partial charge >= 0.3 is 0 Å². The standard InChI is InChI=1S/C11H25N3O/c1-4-10(5-2)14(6-7-15)8-9(3)11(12)13/h9-10,15H,4-8H2,1-3H3,(H3,12,13). The van der Waals surface area contributed by atoms with Gasteiger partial charge in [-0.25, -0.2) is 0 Å². The second kappa shape index (κ2) is 7.65. The fraction of sp³-hybridized carbons (Fsp3) is 0.909. The number of nitrogens with two attached hydrogens (primary N) is 1. The van der Waals surface area contributed by atoms with E-state index in [1.165, 1.54) is 0 Å². The van der Waals surface area contributed by atoms with E-state index in [1.807, 2.05) is 6.92 Å². The van der Waals surface area contributed by atoms with Gasteiger partial charge in [0, 0.05) is 25.0 Å². The van der Waals surface area contributed by atoms with Gasteiger partial charge in [-0.05, 0) is 12.8 Å². The molecule has 0 radical (unpaired) electrons. The Kier molecular flexibility index (Phi) is 7.34. The van der Waals surface area contributed by atoms with Crippen molar-refractivity contribution in [3.8, 4) is 0 Å². The van der Waals surface area contributed by atoms with Crippen LogP contribution in [-0.2, 0) is 0 Å². The fourth-order valence-electron chi connectivity index (χ4n) is 1.81. The van der Waals surface area contributed by atoms with Crippen molar-refractivity contribution in [2.45, 2.75) is 39.7 Å². The van der Waals surface area contributed by atoms with Gasteiger partial charge < -0.3 is 10.8 Å². The van der Waals surface area contributed by atoms with Gasteiger partial charge in [-0.2, -0.15) is 0 Å².